The van der Waals surface area contributed by atoms with E-state index in [1.165, 1.54) is 0 Å². The smallest absolute Gasteiger partial charge is 0.344 e. The predicted molar refractivity (Wildman–Crippen MR) is 122 cm³/mol. The second kappa shape index (κ2) is 11.0. The summed E-state index contributed by atoms with van der Waals surface area (Å²) in [5.74, 6) is 1.19. The van der Waals surface area contributed by atoms with Crippen LogP contribution >= 0.6 is 0 Å². The van der Waals surface area contributed by atoms with Gasteiger partial charge >= 0.3 is 5.63 Å². The topological polar surface area (TPSA) is 90.6 Å². The molecular formula is C24H29NO7. The van der Waals surface area contributed by atoms with Gasteiger partial charge in [-0.1, -0.05) is 0 Å². The van der Waals surface area contributed by atoms with Crippen molar-refractivity contribution in [1.82, 2.24) is 4.90 Å². The Kier molecular flexibility index (Phi) is 8.10. The molecule has 0 spiro atoms. The highest BCUT2D eigenvalue weighted by Crippen LogP contribution is 2.35. The Labute approximate surface area is 186 Å². The Hall–Kier alpha value is -3.07. The minimum Gasteiger partial charge on any atom is -0.507 e. The number of aromatic hydroxyl groups is 1. The number of phenolic OH excluding ortho intramolecular Hbond substituents is 1. The van der Waals surface area contributed by atoms with E-state index in [4.69, 9.17) is 23.4 Å². The maximum absolute atomic E-state index is 13.0. The second-order valence-corrected chi connectivity index (χ2v) is 7.26. The summed E-state index contributed by atoms with van der Waals surface area (Å²) in [6, 6.07) is 10.3. The quantitative estimate of drug-likeness (QED) is 0.452. The molecule has 1 heterocycles. The molecule has 0 aliphatic heterocycles. The molecule has 32 heavy (non-hydrogen) atoms. The fraction of sp³-hybridized carbons (Fsp3) is 0.375. The van der Waals surface area contributed by atoms with Gasteiger partial charge in [0.25, 0.3) is 0 Å². The molecule has 0 radical (unpaired) electrons. The van der Waals surface area contributed by atoms with Gasteiger partial charge in [-0.25, -0.2) is 4.79 Å². The largest absolute Gasteiger partial charge is 0.507 e. The Balaban J connectivity index is 2.08. The molecule has 8 heteroatoms. The number of benzene rings is 2. The lowest BCUT2D eigenvalue weighted by Gasteiger charge is -2.22. The average Bonchev–Trinajstić information content (AvgIpc) is 2.81. The molecule has 0 aliphatic carbocycles. The minimum atomic E-state index is -0.531. The van der Waals surface area contributed by atoms with Gasteiger partial charge in [0, 0.05) is 44.8 Å². The zero-order chi connectivity index (χ0) is 23.1. The molecule has 0 bridgehead atoms. The van der Waals surface area contributed by atoms with Crippen LogP contribution in [0.3, 0.4) is 0 Å². The highest BCUT2D eigenvalue weighted by molar-refractivity contribution is 5.87. The summed E-state index contributed by atoms with van der Waals surface area (Å²) < 4.78 is 26.9. The SMILES string of the molecule is COCCN(CCOC)Cc1c(O)ccc2cc(-c3cc(OC)ccc3OC)c(=O)oc12. The van der Waals surface area contributed by atoms with E-state index in [-0.39, 0.29) is 5.75 Å². The van der Waals surface area contributed by atoms with E-state index in [1.807, 2.05) is 0 Å². The van der Waals surface area contributed by atoms with Gasteiger partial charge in [-0.15, -0.1) is 0 Å². The minimum absolute atomic E-state index is 0.0622. The molecule has 2 aromatic carbocycles. The maximum Gasteiger partial charge on any atom is 0.344 e. The summed E-state index contributed by atoms with van der Waals surface area (Å²) >= 11 is 0. The molecule has 0 aliphatic rings. The summed E-state index contributed by atoms with van der Waals surface area (Å²) in [6.07, 6.45) is 0. The molecule has 0 saturated carbocycles. The lowest BCUT2D eigenvalue weighted by atomic mass is 10.0. The number of hydrogen-bond acceptors (Lipinski definition) is 8. The van der Waals surface area contributed by atoms with Crippen LogP contribution in [0.5, 0.6) is 17.2 Å². The molecule has 8 nitrogen and oxygen atoms in total. The zero-order valence-corrected chi connectivity index (χ0v) is 18.8. The van der Waals surface area contributed by atoms with Crippen LogP contribution in [0.4, 0.5) is 0 Å². The van der Waals surface area contributed by atoms with Crippen molar-refractivity contribution in [3.05, 3.63) is 52.4 Å². The average molecular weight is 443 g/mol. The van der Waals surface area contributed by atoms with E-state index in [2.05, 4.69) is 4.90 Å². The first kappa shape index (κ1) is 23.6. The summed E-state index contributed by atoms with van der Waals surface area (Å²) in [7, 11) is 6.37. The first-order valence-corrected chi connectivity index (χ1v) is 10.2. The molecule has 3 rings (SSSR count). The van der Waals surface area contributed by atoms with Crippen LogP contribution in [-0.2, 0) is 16.0 Å². The maximum atomic E-state index is 13.0. The van der Waals surface area contributed by atoms with Gasteiger partial charge in [-0.05, 0) is 36.4 Å². The monoisotopic (exact) mass is 443 g/mol. The molecule has 0 saturated heterocycles. The molecule has 1 aromatic heterocycles. The van der Waals surface area contributed by atoms with Crippen LogP contribution in [0.15, 0.2) is 45.6 Å². The van der Waals surface area contributed by atoms with Crippen molar-refractivity contribution in [3.8, 4) is 28.4 Å². The van der Waals surface area contributed by atoms with Crippen LogP contribution in [-0.4, -0.2) is 64.7 Å². The first-order chi connectivity index (χ1) is 15.5. The van der Waals surface area contributed by atoms with Crippen molar-refractivity contribution in [1.29, 1.82) is 0 Å². The van der Waals surface area contributed by atoms with Crippen molar-refractivity contribution in [2.45, 2.75) is 6.54 Å². The third kappa shape index (κ3) is 5.21. The van der Waals surface area contributed by atoms with Crippen LogP contribution in [0.25, 0.3) is 22.1 Å². The number of methoxy groups -OCH3 is 4. The summed E-state index contributed by atoms with van der Waals surface area (Å²) in [4.78, 5) is 15.1. The Morgan fingerprint density at radius 2 is 1.62 bits per heavy atom. The van der Waals surface area contributed by atoms with Gasteiger partial charge in [-0.3, -0.25) is 4.90 Å². The lowest BCUT2D eigenvalue weighted by molar-refractivity contribution is 0.110. The van der Waals surface area contributed by atoms with E-state index in [1.54, 1.807) is 64.8 Å². The third-order valence-corrected chi connectivity index (χ3v) is 5.28. The molecular weight excluding hydrogens is 414 g/mol. The third-order valence-electron chi connectivity index (χ3n) is 5.28. The van der Waals surface area contributed by atoms with Crippen molar-refractivity contribution in [2.75, 3.05) is 54.7 Å². The zero-order valence-electron chi connectivity index (χ0n) is 18.8. The van der Waals surface area contributed by atoms with Gasteiger partial charge in [0.05, 0.1) is 38.6 Å². The molecule has 172 valence electrons. The van der Waals surface area contributed by atoms with E-state index in [0.29, 0.717) is 72.0 Å². The van der Waals surface area contributed by atoms with Crippen molar-refractivity contribution >= 4 is 11.0 Å². The Morgan fingerprint density at radius 3 is 2.25 bits per heavy atom. The van der Waals surface area contributed by atoms with Gasteiger partial charge in [-0.2, -0.15) is 0 Å². The molecule has 0 atom stereocenters. The van der Waals surface area contributed by atoms with Gasteiger partial charge in [0.1, 0.15) is 22.8 Å². The molecule has 0 unspecified atom stereocenters. The van der Waals surface area contributed by atoms with E-state index in [0.717, 1.165) is 0 Å². The summed E-state index contributed by atoms with van der Waals surface area (Å²) in [5, 5.41) is 11.2. The fourth-order valence-electron chi connectivity index (χ4n) is 3.53. The van der Waals surface area contributed by atoms with Crippen LogP contribution in [0.1, 0.15) is 5.56 Å². The Morgan fingerprint density at radius 1 is 0.906 bits per heavy atom. The van der Waals surface area contributed by atoms with Crippen LogP contribution < -0.4 is 15.1 Å². The molecule has 0 fully saturated rings. The second-order valence-electron chi connectivity index (χ2n) is 7.26. The standard InChI is InChI=1S/C24H29NO7/c1-28-11-9-25(10-12-29-2)15-20-21(26)7-5-16-13-19(24(27)32-23(16)20)18-14-17(30-3)6-8-22(18)31-4/h5-8,13-14,26H,9-12,15H2,1-4H3. The fourth-order valence-corrected chi connectivity index (χ4v) is 3.53. The number of hydrogen-bond donors (Lipinski definition) is 1. The summed E-state index contributed by atoms with van der Waals surface area (Å²) in [6.45, 7) is 2.70. The molecule has 3 aromatic rings. The number of ether oxygens (including phenoxy) is 4. The summed E-state index contributed by atoms with van der Waals surface area (Å²) in [5.41, 5.74) is 1.27. The number of phenols is 1. The number of fused-ring (bicyclic) bond motifs is 1. The van der Waals surface area contributed by atoms with Crippen molar-refractivity contribution in [3.63, 3.8) is 0 Å². The van der Waals surface area contributed by atoms with Crippen molar-refractivity contribution in [2.24, 2.45) is 0 Å². The van der Waals surface area contributed by atoms with E-state index in [9.17, 15) is 9.90 Å². The number of rotatable bonds is 11. The van der Waals surface area contributed by atoms with Crippen LogP contribution in [0, 0.1) is 0 Å². The van der Waals surface area contributed by atoms with Crippen molar-refractivity contribution < 1.29 is 28.5 Å². The molecule has 1 N–H and O–H groups in total. The Bertz CT molecular complexity index is 1100. The highest BCUT2D eigenvalue weighted by atomic mass is 16.5. The van der Waals surface area contributed by atoms with Gasteiger partial charge in [0.15, 0.2) is 0 Å². The van der Waals surface area contributed by atoms with E-state index >= 15 is 0 Å². The van der Waals surface area contributed by atoms with Crippen LogP contribution in [0.2, 0.25) is 0 Å². The van der Waals surface area contributed by atoms with Gasteiger partial charge in [0.2, 0.25) is 0 Å². The highest BCUT2D eigenvalue weighted by Gasteiger charge is 2.19. The first-order valence-electron chi connectivity index (χ1n) is 10.2. The predicted octanol–water partition coefficient (Wildman–Crippen LogP) is 3.28. The van der Waals surface area contributed by atoms with E-state index < -0.39 is 5.63 Å². The normalized spacial score (nSPS) is 11.3. The number of nitrogens with zero attached hydrogens (tertiary/aromatic N) is 1. The van der Waals surface area contributed by atoms with Gasteiger partial charge < -0.3 is 28.5 Å². The lowest BCUT2D eigenvalue weighted by Crippen LogP contribution is -2.30. The molecule has 0 amide bonds.